The van der Waals surface area contributed by atoms with Crippen LogP contribution in [0.25, 0.3) is 0 Å². The first-order valence-electron chi connectivity index (χ1n) is 16.7. The molecule has 1 aromatic rings. The Balaban J connectivity index is 1.06. The van der Waals surface area contributed by atoms with Gasteiger partial charge in [0.25, 0.3) is 0 Å². The molecule has 2 unspecified atom stereocenters. The second kappa shape index (κ2) is 11.2. The zero-order valence-corrected chi connectivity index (χ0v) is 26.1. The molecule has 44 heavy (non-hydrogen) atoms. The third-order valence-corrected chi connectivity index (χ3v) is 13.9. The Kier molecular flexibility index (Phi) is 7.90. The molecule has 4 bridgehead atoms. The summed E-state index contributed by atoms with van der Waals surface area (Å²) in [6, 6.07) is 3.97. The highest BCUT2D eigenvalue weighted by atomic mass is 32.2. The van der Waals surface area contributed by atoms with Crippen LogP contribution >= 0.6 is 0 Å². The summed E-state index contributed by atoms with van der Waals surface area (Å²) in [6.45, 7) is 2.62. The van der Waals surface area contributed by atoms with E-state index in [4.69, 9.17) is 4.74 Å². The predicted molar refractivity (Wildman–Crippen MR) is 157 cm³/mol. The van der Waals surface area contributed by atoms with Crippen LogP contribution < -0.4 is 0 Å². The SMILES string of the molecule is O=C(CCC[C@@H]1[C@H]2CCCN3CCC[C@@H](CN1S(=O)(=O)c1cccc(C(F)(F)F)c1)[C@@H]23)OCC12CC3CC(CC(O)(C3)C1)C2. The average Bonchev–Trinajstić information content (AvgIpc) is 2.95. The van der Waals surface area contributed by atoms with Crippen LogP contribution in [0.4, 0.5) is 13.2 Å². The summed E-state index contributed by atoms with van der Waals surface area (Å²) in [5, 5.41) is 11.0. The largest absolute Gasteiger partial charge is 0.465 e. The van der Waals surface area contributed by atoms with E-state index in [1.165, 1.54) is 22.9 Å². The summed E-state index contributed by atoms with van der Waals surface area (Å²) in [4.78, 5) is 15.2. The number of aliphatic hydroxyl groups is 1. The molecule has 4 aliphatic carbocycles. The monoisotopic (exact) mass is 638 g/mol. The second-order valence-corrected chi connectivity index (χ2v) is 17.0. The van der Waals surface area contributed by atoms with E-state index in [-0.39, 0.29) is 46.6 Å². The van der Waals surface area contributed by atoms with Crippen LogP contribution in [0.2, 0.25) is 0 Å². The van der Waals surface area contributed by atoms with Crippen LogP contribution in [0, 0.1) is 29.1 Å². The molecule has 1 N–H and O–H groups in total. The van der Waals surface area contributed by atoms with Crippen molar-refractivity contribution in [3.8, 4) is 0 Å². The number of hydrogen-bond acceptors (Lipinski definition) is 6. The lowest BCUT2D eigenvalue weighted by Crippen LogP contribution is -2.65. The van der Waals surface area contributed by atoms with Gasteiger partial charge in [0.05, 0.1) is 22.7 Å². The number of sulfonamides is 1. The number of nitrogens with zero attached hydrogens (tertiary/aromatic N) is 2. The van der Waals surface area contributed by atoms with Gasteiger partial charge in [0, 0.05) is 30.5 Å². The van der Waals surface area contributed by atoms with E-state index in [9.17, 15) is 31.5 Å². The molecule has 7 aliphatic rings. The fraction of sp³-hybridized carbons (Fsp3) is 0.788. The van der Waals surface area contributed by atoms with Crippen molar-refractivity contribution in [3.05, 3.63) is 29.8 Å². The summed E-state index contributed by atoms with van der Waals surface area (Å²) < 4.78 is 76.1. The number of piperidine rings is 3. The summed E-state index contributed by atoms with van der Waals surface area (Å²) >= 11 is 0. The quantitative estimate of drug-likeness (QED) is 0.373. The van der Waals surface area contributed by atoms with Gasteiger partial charge in [0.15, 0.2) is 0 Å². The Morgan fingerprint density at radius 3 is 2.50 bits per heavy atom. The molecule has 0 spiro atoms. The number of carbonyl (C=O) groups is 1. The van der Waals surface area contributed by atoms with E-state index < -0.39 is 27.4 Å². The molecule has 244 valence electrons. The number of rotatable bonds is 8. The second-order valence-electron chi connectivity index (χ2n) is 15.1. The lowest BCUT2D eigenvalue weighted by molar-refractivity contribution is -0.186. The first-order chi connectivity index (χ1) is 20.8. The molecule has 3 aliphatic heterocycles. The minimum atomic E-state index is -4.64. The number of carbonyl (C=O) groups excluding carboxylic acids is 1. The highest BCUT2D eigenvalue weighted by Gasteiger charge is 2.57. The number of esters is 1. The molecule has 4 saturated carbocycles. The van der Waals surface area contributed by atoms with Crippen molar-refractivity contribution in [2.75, 3.05) is 26.2 Å². The van der Waals surface area contributed by atoms with Crippen LogP contribution in [0.5, 0.6) is 0 Å². The molecule has 0 radical (unpaired) electrons. The van der Waals surface area contributed by atoms with Crippen molar-refractivity contribution in [2.24, 2.45) is 29.1 Å². The Morgan fingerprint density at radius 1 is 1.07 bits per heavy atom. The van der Waals surface area contributed by atoms with Gasteiger partial charge in [-0.05, 0) is 132 Å². The molecule has 3 saturated heterocycles. The fourth-order valence-corrected chi connectivity index (χ4v) is 12.7. The van der Waals surface area contributed by atoms with Crippen LogP contribution in [0.3, 0.4) is 0 Å². The van der Waals surface area contributed by atoms with Gasteiger partial charge in [0.1, 0.15) is 0 Å². The minimum Gasteiger partial charge on any atom is -0.465 e. The molecule has 3 heterocycles. The van der Waals surface area contributed by atoms with E-state index in [0.29, 0.717) is 44.2 Å². The summed E-state index contributed by atoms with van der Waals surface area (Å²) in [6.07, 6.45) is 5.77. The van der Waals surface area contributed by atoms with Gasteiger partial charge >= 0.3 is 12.1 Å². The third kappa shape index (κ3) is 5.72. The number of alkyl halides is 3. The zero-order valence-electron chi connectivity index (χ0n) is 25.3. The summed E-state index contributed by atoms with van der Waals surface area (Å²) in [5.41, 5.74) is -1.72. The smallest absolute Gasteiger partial charge is 0.416 e. The van der Waals surface area contributed by atoms with Crippen molar-refractivity contribution in [3.63, 3.8) is 0 Å². The Hall–Kier alpha value is -1.69. The fourth-order valence-electron chi connectivity index (χ4n) is 10.9. The summed E-state index contributed by atoms with van der Waals surface area (Å²) in [7, 11) is -4.20. The van der Waals surface area contributed by atoms with Crippen molar-refractivity contribution >= 4 is 16.0 Å². The first-order valence-corrected chi connectivity index (χ1v) is 18.1. The molecule has 8 rings (SSSR count). The molecule has 7 fully saturated rings. The number of hydrogen-bond donors (Lipinski definition) is 1. The average molecular weight is 639 g/mol. The van der Waals surface area contributed by atoms with Gasteiger partial charge in [-0.15, -0.1) is 0 Å². The lowest BCUT2D eigenvalue weighted by Gasteiger charge is -2.59. The van der Waals surface area contributed by atoms with Crippen molar-refractivity contribution in [1.29, 1.82) is 0 Å². The van der Waals surface area contributed by atoms with Crippen LogP contribution in [0.1, 0.15) is 89.0 Å². The minimum absolute atomic E-state index is 0.0761. The molecule has 11 heteroatoms. The standard InChI is InChI=1S/C33H45F3N2O5S/c34-33(35,36)25-6-1-7-26(14-25)44(41,42)38-19-24-5-3-11-37-12-4-8-27(30(24)37)28(38)9-2-10-29(39)43-21-31-15-22-13-23(16-31)18-32(40,17-22)20-31/h1,6-7,14,22-24,27-28,30,40H,2-5,8-13,15-21H2/t22?,23?,24-,27+,28+,30-,31?,32?/m0/s1. The summed E-state index contributed by atoms with van der Waals surface area (Å²) in [5.74, 6) is 0.944. The maximum Gasteiger partial charge on any atom is 0.416 e. The third-order valence-electron chi connectivity index (χ3n) is 12.0. The van der Waals surface area contributed by atoms with Crippen molar-refractivity contribution in [1.82, 2.24) is 9.21 Å². The van der Waals surface area contributed by atoms with Gasteiger partial charge in [-0.1, -0.05) is 6.07 Å². The van der Waals surface area contributed by atoms with Crippen LogP contribution in [-0.2, 0) is 25.7 Å². The maximum absolute atomic E-state index is 14.1. The Bertz CT molecular complexity index is 1350. The van der Waals surface area contributed by atoms with Gasteiger partial charge in [-0.3, -0.25) is 9.69 Å². The highest BCUT2D eigenvalue weighted by Crippen LogP contribution is 2.61. The van der Waals surface area contributed by atoms with Crippen molar-refractivity contribution < 1.29 is 36.2 Å². The van der Waals surface area contributed by atoms with Gasteiger partial charge in [-0.25, -0.2) is 8.42 Å². The van der Waals surface area contributed by atoms with Crippen molar-refractivity contribution in [2.45, 2.75) is 112 Å². The van der Waals surface area contributed by atoms with E-state index >= 15 is 0 Å². The normalized spacial score (nSPS) is 38.8. The van der Waals surface area contributed by atoms with Gasteiger partial charge in [0.2, 0.25) is 10.0 Å². The Morgan fingerprint density at radius 2 is 1.80 bits per heavy atom. The maximum atomic E-state index is 14.1. The lowest BCUT2D eigenvalue weighted by atomic mass is 9.48. The van der Waals surface area contributed by atoms with Gasteiger partial charge in [-0.2, -0.15) is 17.5 Å². The molecular weight excluding hydrogens is 593 g/mol. The Labute approximate surface area is 258 Å². The molecule has 6 atom stereocenters. The molecule has 0 aromatic heterocycles. The number of benzene rings is 1. The first kappa shape index (κ1) is 30.9. The van der Waals surface area contributed by atoms with E-state index in [2.05, 4.69) is 4.90 Å². The number of halogens is 3. The van der Waals surface area contributed by atoms with Crippen LogP contribution in [0.15, 0.2) is 29.2 Å². The molecule has 7 nitrogen and oxygen atoms in total. The predicted octanol–water partition coefficient (Wildman–Crippen LogP) is 5.61. The van der Waals surface area contributed by atoms with E-state index in [1.54, 1.807) is 0 Å². The zero-order chi connectivity index (χ0) is 30.9. The van der Waals surface area contributed by atoms with Gasteiger partial charge < -0.3 is 9.84 Å². The highest BCUT2D eigenvalue weighted by molar-refractivity contribution is 7.89. The van der Waals surface area contributed by atoms with Crippen LogP contribution in [-0.4, -0.2) is 72.6 Å². The number of ether oxygens (including phenoxy) is 1. The van der Waals surface area contributed by atoms with E-state index in [1.807, 2.05) is 0 Å². The molecular formula is C33H45F3N2O5S. The molecule has 1 aromatic carbocycles. The topological polar surface area (TPSA) is 87.2 Å². The van der Waals surface area contributed by atoms with E-state index in [0.717, 1.165) is 76.6 Å². The molecule has 0 amide bonds.